The Morgan fingerprint density at radius 3 is 1.77 bits per heavy atom. The Balaban J connectivity index is 1.20. The van der Waals surface area contributed by atoms with Crippen LogP contribution < -0.4 is 4.72 Å². The number of anilines is 1. The van der Waals surface area contributed by atoms with Crippen LogP contribution in [0.2, 0.25) is 5.02 Å². The van der Waals surface area contributed by atoms with Crippen LogP contribution in [0.5, 0.6) is 0 Å². The number of aromatic nitrogens is 3. The molecule has 7 rings (SSSR count). The first-order valence-corrected chi connectivity index (χ1v) is 17.5. The SMILES string of the molecule is CC(C)(C)c1ccc(S(=O)(=O)Nc2ccc(Cl)c(C3N=C3c3cn(C(c4ccccc4)(c4ccccc4)c4ccccc4)cn3)n2)cc1. The molecule has 3 heterocycles. The molecule has 0 spiro atoms. The standard InChI is InChI=1S/C39H34ClN5O2S/c1-38(2,3)27-19-21-31(22-20-27)48(46,47)44-34-24-23-32(40)35(42-34)37-36(43-37)33-25-45(26-41-33)39(28-13-7-4-8-14-28,29-15-9-5-10-16-29)30-17-11-6-12-18-30/h4-26,37H,1-3H3,(H,42,44). The fourth-order valence-electron chi connectivity index (χ4n) is 6.16. The quantitative estimate of drug-likeness (QED) is 0.156. The zero-order valence-electron chi connectivity index (χ0n) is 26.7. The molecular weight excluding hydrogens is 638 g/mol. The van der Waals surface area contributed by atoms with Gasteiger partial charge in [-0.3, -0.25) is 9.71 Å². The fraction of sp³-hybridized carbons (Fsp3) is 0.154. The molecule has 0 radical (unpaired) electrons. The molecule has 1 unspecified atom stereocenters. The molecule has 0 aliphatic carbocycles. The predicted molar refractivity (Wildman–Crippen MR) is 191 cm³/mol. The summed E-state index contributed by atoms with van der Waals surface area (Å²) in [7, 11) is -3.88. The second-order valence-electron chi connectivity index (χ2n) is 12.8. The van der Waals surface area contributed by atoms with Crippen LogP contribution in [0.4, 0.5) is 5.82 Å². The van der Waals surface area contributed by atoms with E-state index < -0.39 is 21.6 Å². The van der Waals surface area contributed by atoms with Crippen molar-refractivity contribution in [3.63, 3.8) is 0 Å². The number of rotatable bonds is 9. The van der Waals surface area contributed by atoms with Gasteiger partial charge in [-0.2, -0.15) is 0 Å². The molecule has 7 nitrogen and oxygen atoms in total. The lowest BCUT2D eigenvalue weighted by atomic mass is 9.77. The largest absolute Gasteiger partial charge is 0.318 e. The molecule has 240 valence electrons. The molecule has 6 aromatic rings. The number of hydrogen-bond donors (Lipinski definition) is 1. The average Bonchev–Trinajstić information content (AvgIpc) is 3.74. The third kappa shape index (κ3) is 5.82. The average molecular weight is 672 g/mol. The number of hydrogen-bond acceptors (Lipinski definition) is 5. The summed E-state index contributed by atoms with van der Waals surface area (Å²) in [5.74, 6) is 0.164. The summed E-state index contributed by atoms with van der Waals surface area (Å²) in [5, 5.41) is 0.392. The molecule has 0 fully saturated rings. The lowest BCUT2D eigenvalue weighted by Gasteiger charge is -2.37. The van der Waals surface area contributed by atoms with Crippen molar-refractivity contribution in [2.45, 2.75) is 42.7 Å². The molecule has 0 saturated carbocycles. The van der Waals surface area contributed by atoms with Gasteiger partial charge in [-0.15, -0.1) is 0 Å². The van der Waals surface area contributed by atoms with Gasteiger partial charge in [-0.25, -0.2) is 18.4 Å². The van der Waals surface area contributed by atoms with Crippen molar-refractivity contribution in [1.29, 1.82) is 0 Å². The topological polar surface area (TPSA) is 89.2 Å². The Morgan fingerprint density at radius 2 is 1.25 bits per heavy atom. The van der Waals surface area contributed by atoms with E-state index in [9.17, 15) is 8.42 Å². The van der Waals surface area contributed by atoms with E-state index in [1.807, 2.05) is 79.3 Å². The van der Waals surface area contributed by atoms with Crippen LogP contribution in [-0.2, 0) is 21.0 Å². The van der Waals surface area contributed by atoms with E-state index >= 15 is 0 Å². The highest BCUT2D eigenvalue weighted by Gasteiger charge is 2.41. The maximum absolute atomic E-state index is 13.3. The van der Waals surface area contributed by atoms with E-state index in [0.29, 0.717) is 16.4 Å². The van der Waals surface area contributed by atoms with Gasteiger partial charge in [0.25, 0.3) is 10.0 Å². The van der Waals surface area contributed by atoms with E-state index in [2.05, 4.69) is 71.4 Å². The lowest BCUT2D eigenvalue weighted by Crippen LogP contribution is -2.36. The lowest BCUT2D eigenvalue weighted by molar-refractivity contribution is 0.514. The van der Waals surface area contributed by atoms with Crippen LogP contribution in [0, 0.1) is 0 Å². The maximum Gasteiger partial charge on any atom is 0.263 e. The molecule has 0 saturated heterocycles. The molecule has 1 atom stereocenters. The maximum atomic E-state index is 13.3. The monoisotopic (exact) mass is 671 g/mol. The second kappa shape index (κ2) is 12.2. The van der Waals surface area contributed by atoms with E-state index in [-0.39, 0.29) is 16.1 Å². The van der Waals surface area contributed by atoms with E-state index in [1.54, 1.807) is 24.3 Å². The second-order valence-corrected chi connectivity index (χ2v) is 14.9. The highest BCUT2D eigenvalue weighted by atomic mass is 35.5. The van der Waals surface area contributed by atoms with Gasteiger partial charge in [0.05, 0.1) is 27.7 Å². The zero-order valence-corrected chi connectivity index (χ0v) is 28.3. The Morgan fingerprint density at radius 1 is 0.708 bits per heavy atom. The van der Waals surface area contributed by atoms with Crippen LogP contribution >= 0.6 is 11.6 Å². The van der Waals surface area contributed by atoms with Crippen molar-refractivity contribution in [3.8, 4) is 0 Å². The van der Waals surface area contributed by atoms with Crippen molar-refractivity contribution in [2.75, 3.05) is 4.72 Å². The summed E-state index contributed by atoms with van der Waals surface area (Å²) in [4.78, 5) is 14.3. The highest BCUT2D eigenvalue weighted by Crippen LogP contribution is 2.43. The molecule has 2 aromatic heterocycles. The van der Waals surface area contributed by atoms with Crippen molar-refractivity contribution in [1.82, 2.24) is 14.5 Å². The fourth-order valence-corrected chi connectivity index (χ4v) is 7.37. The Bertz CT molecular complexity index is 2120. The molecule has 9 heteroatoms. The summed E-state index contributed by atoms with van der Waals surface area (Å²) in [6.07, 6.45) is 3.85. The van der Waals surface area contributed by atoms with E-state index in [0.717, 1.165) is 28.0 Å². The number of pyridine rings is 1. The van der Waals surface area contributed by atoms with Crippen molar-refractivity contribution < 1.29 is 8.42 Å². The first-order chi connectivity index (χ1) is 23.1. The van der Waals surface area contributed by atoms with Gasteiger partial charge in [0, 0.05) is 6.20 Å². The van der Waals surface area contributed by atoms with Gasteiger partial charge in [0.2, 0.25) is 0 Å². The molecule has 0 amide bonds. The summed E-state index contributed by atoms with van der Waals surface area (Å²) in [6.45, 7) is 6.25. The number of halogens is 1. The summed E-state index contributed by atoms with van der Waals surface area (Å²) in [5.41, 5.74) is 5.37. The number of nitrogens with one attached hydrogen (secondary N) is 1. The number of benzene rings is 4. The number of aliphatic imine (C=N–C) groups is 1. The van der Waals surface area contributed by atoms with E-state index in [4.69, 9.17) is 21.6 Å². The molecule has 4 aromatic carbocycles. The minimum atomic E-state index is -3.88. The highest BCUT2D eigenvalue weighted by molar-refractivity contribution is 7.92. The van der Waals surface area contributed by atoms with Gasteiger partial charge in [-0.1, -0.05) is 136 Å². The first-order valence-electron chi connectivity index (χ1n) is 15.7. The minimum Gasteiger partial charge on any atom is -0.318 e. The van der Waals surface area contributed by atoms with Gasteiger partial charge in [-0.05, 0) is 51.9 Å². The number of imidazole rings is 1. The van der Waals surface area contributed by atoms with Crippen molar-refractivity contribution >= 4 is 33.2 Å². The molecule has 1 N–H and O–H groups in total. The zero-order chi connectivity index (χ0) is 33.5. The van der Waals surface area contributed by atoms with Gasteiger partial charge in [0.1, 0.15) is 23.1 Å². The Labute approximate surface area is 286 Å². The number of sulfonamides is 1. The van der Waals surface area contributed by atoms with Crippen LogP contribution in [-0.4, -0.2) is 28.7 Å². The molecule has 0 bridgehead atoms. The van der Waals surface area contributed by atoms with E-state index in [1.165, 1.54) is 0 Å². The number of nitrogens with zero attached hydrogens (tertiary/aromatic N) is 4. The van der Waals surface area contributed by atoms with Crippen molar-refractivity contribution in [3.05, 3.63) is 179 Å². The summed E-state index contributed by atoms with van der Waals surface area (Å²) < 4.78 is 31.2. The Hall–Kier alpha value is -5.05. The van der Waals surface area contributed by atoms with Crippen molar-refractivity contribution in [2.24, 2.45) is 4.99 Å². The van der Waals surface area contributed by atoms with Crippen LogP contribution in [0.15, 0.2) is 150 Å². The molecular formula is C39H34ClN5O2S. The third-order valence-electron chi connectivity index (χ3n) is 8.67. The smallest absolute Gasteiger partial charge is 0.263 e. The minimum absolute atomic E-state index is 0.0910. The van der Waals surface area contributed by atoms with Gasteiger partial charge >= 0.3 is 0 Å². The molecule has 1 aliphatic heterocycles. The van der Waals surface area contributed by atoms with Gasteiger partial charge < -0.3 is 4.57 Å². The first kappa shape index (κ1) is 31.5. The van der Waals surface area contributed by atoms with Gasteiger partial charge in [0.15, 0.2) is 0 Å². The summed E-state index contributed by atoms with van der Waals surface area (Å²) >= 11 is 6.61. The van der Waals surface area contributed by atoms with Crippen LogP contribution in [0.1, 0.15) is 60.5 Å². The normalized spacial score (nSPS) is 14.8. The molecule has 1 aliphatic rings. The summed E-state index contributed by atoms with van der Waals surface area (Å²) in [6, 6.07) is 40.7. The predicted octanol–water partition coefficient (Wildman–Crippen LogP) is 8.41. The third-order valence-corrected chi connectivity index (χ3v) is 10.4. The molecule has 48 heavy (non-hydrogen) atoms. The van der Waals surface area contributed by atoms with Crippen LogP contribution in [0.25, 0.3) is 0 Å². The van der Waals surface area contributed by atoms with Crippen LogP contribution in [0.3, 0.4) is 0 Å². The Kier molecular flexibility index (Phi) is 8.01.